The first kappa shape index (κ1) is 22.0. The van der Waals surface area contributed by atoms with Gasteiger partial charge in [0.05, 0.1) is 23.2 Å². The number of morpholine rings is 1. The van der Waals surface area contributed by atoms with E-state index in [1.165, 1.54) is 0 Å². The Morgan fingerprint density at radius 1 is 1.17 bits per heavy atom. The molecule has 0 radical (unpaired) electrons. The fourth-order valence-electron chi connectivity index (χ4n) is 3.13. The minimum absolute atomic E-state index is 0.131. The van der Waals surface area contributed by atoms with Crippen LogP contribution in [0.15, 0.2) is 53.4 Å². The molecule has 1 aliphatic rings. The first-order valence-electron chi connectivity index (χ1n) is 8.89. The highest BCUT2D eigenvalue weighted by Crippen LogP contribution is 2.35. The molecular weight excluding hydrogens is 429 g/mol. The summed E-state index contributed by atoms with van der Waals surface area (Å²) in [6.45, 7) is 2.11. The molecular formula is C19H20ClF3N2O3S. The Kier molecular flexibility index (Phi) is 6.85. The van der Waals surface area contributed by atoms with E-state index in [0.717, 1.165) is 17.7 Å². The summed E-state index contributed by atoms with van der Waals surface area (Å²) in [6.07, 6.45) is -5.31. The van der Waals surface area contributed by atoms with E-state index in [0.29, 0.717) is 32.3 Å². The molecule has 29 heavy (non-hydrogen) atoms. The van der Waals surface area contributed by atoms with E-state index in [1.807, 2.05) is 30.3 Å². The third kappa shape index (κ3) is 5.93. The minimum atomic E-state index is -4.84. The van der Waals surface area contributed by atoms with Crippen molar-refractivity contribution in [3.8, 4) is 0 Å². The van der Waals surface area contributed by atoms with Gasteiger partial charge in [-0.15, -0.1) is 0 Å². The van der Waals surface area contributed by atoms with E-state index in [9.17, 15) is 21.6 Å². The van der Waals surface area contributed by atoms with Crippen LogP contribution in [0.25, 0.3) is 0 Å². The number of hydrogen-bond donors (Lipinski definition) is 1. The number of hydrogen-bond acceptors (Lipinski definition) is 4. The van der Waals surface area contributed by atoms with Crippen LogP contribution in [0.4, 0.5) is 13.2 Å². The Bertz CT molecular complexity index is 939. The summed E-state index contributed by atoms with van der Waals surface area (Å²) in [5.74, 6) is 0. The van der Waals surface area contributed by atoms with E-state index in [-0.39, 0.29) is 11.6 Å². The SMILES string of the molecule is O=S(=O)(NC[C@H]1CN(Cc2ccccc2)CCO1)c1ccc(Cl)cc1C(F)(F)F. The van der Waals surface area contributed by atoms with Crippen LogP contribution in [-0.4, -0.2) is 45.7 Å². The van der Waals surface area contributed by atoms with Gasteiger partial charge in [-0.2, -0.15) is 13.2 Å². The average Bonchev–Trinajstić information content (AvgIpc) is 2.67. The average molecular weight is 449 g/mol. The predicted molar refractivity (Wildman–Crippen MR) is 103 cm³/mol. The fraction of sp³-hybridized carbons (Fsp3) is 0.368. The summed E-state index contributed by atoms with van der Waals surface area (Å²) in [6, 6.07) is 12.4. The zero-order chi connectivity index (χ0) is 21.1. The second kappa shape index (κ2) is 9.01. The maximum absolute atomic E-state index is 13.2. The van der Waals surface area contributed by atoms with Crippen molar-refractivity contribution in [1.82, 2.24) is 9.62 Å². The summed E-state index contributed by atoms with van der Waals surface area (Å²) in [5, 5.41) is -0.191. The lowest BCUT2D eigenvalue weighted by Gasteiger charge is -2.33. The number of ether oxygens (including phenoxy) is 1. The van der Waals surface area contributed by atoms with Gasteiger partial charge in [0, 0.05) is 31.2 Å². The number of alkyl halides is 3. The number of nitrogens with one attached hydrogen (secondary N) is 1. The normalized spacial score (nSPS) is 18.7. The molecule has 2 aromatic rings. The first-order valence-corrected chi connectivity index (χ1v) is 10.8. The lowest BCUT2D eigenvalue weighted by atomic mass is 10.2. The fourth-order valence-corrected chi connectivity index (χ4v) is 4.57. The van der Waals surface area contributed by atoms with Crippen LogP contribution in [0.5, 0.6) is 0 Å². The van der Waals surface area contributed by atoms with E-state index in [2.05, 4.69) is 9.62 Å². The molecule has 1 N–H and O–H groups in total. The van der Waals surface area contributed by atoms with E-state index in [4.69, 9.17) is 16.3 Å². The second-order valence-corrected chi connectivity index (χ2v) is 8.88. The smallest absolute Gasteiger partial charge is 0.374 e. The molecule has 5 nitrogen and oxygen atoms in total. The van der Waals surface area contributed by atoms with Gasteiger partial charge in [0.2, 0.25) is 10.0 Å². The predicted octanol–water partition coefficient (Wildman–Crippen LogP) is 3.54. The largest absolute Gasteiger partial charge is 0.417 e. The van der Waals surface area contributed by atoms with E-state index < -0.39 is 32.8 Å². The Labute approximate surface area is 172 Å². The van der Waals surface area contributed by atoms with Crippen molar-refractivity contribution in [2.75, 3.05) is 26.2 Å². The molecule has 0 unspecified atom stereocenters. The van der Waals surface area contributed by atoms with Crippen molar-refractivity contribution in [2.45, 2.75) is 23.7 Å². The third-order valence-corrected chi connectivity index (χ3v) is 6.23. The molecule has 0 aromatic heterocycles. The van der Waals surface area contributed by atoms with Gasteiger partial charge in [-0.1, -0.05) is 41.9 Å². The number of benzene rings is 2. The van der Waals surface area contributed by atoms with Crippen LogP contribution in [0.1, 0.15) is 11.1 Å². The lowest BCUT2D eigenvalue weighted by molar-refractivity contribution is -0.139. The second-order valence-electron chi connectivity index (χ2n) is 6.70. The van der Waals surface area contributed by atoms with E-state index >= 15 is 0 Å². The van der Waals surface area contributed by atoms with Crippen molar-refractivity contribution >= 4 is 21.6 Å². The molecule has 0 aliphatic carbocycles. The first-order chi connectivity index (χ1) is 13.6. The zero-order valence-corrected chi connectivity index (χ0v) is 16.9. The van der Waals surface area contributed by atoms with Crippen molar-refractivity contribution in [1.29, 1.82) is 0 Å². The summed E-state index contributed by atoms with van der Waals surface area (Å²) in [5.41, 5.74) is -0.183. The standard InChI is InChI=1S/C19H20ClF3N2O3S/c20-15-6-7-18(17(10-15)19(21,22)23)29(26,27)24-11-16-13-25(8-9-28-16)12-14-4-2-1-3-5-14/h1-7,10,16,24H,8-9,11-13H2/t16-/m0/s1. The zero-order valence-electron chi connectivity index (χ0n) is 15.3. The molecule has 0 saturated carbocycles. The van der Waals surface area contributed by atoms with E-state index in [1.54, 1.807) is 0 Å². The molecule has 10 heteroatoms. The van der Waals surface area contributed by atoms with Crippen LogP contribution in [0.2, 0.25) is 5.02 Å². The maximum Gasteiger partial charge on any atom is 0.417 e. The topological polar surface area (TPSA) is 58.6 Å². The van der Waals surface area contributed by atoms with Gasteiger partial charge in [-0.3, -0.25) is 4.90 Å². The highest BCUT2D eigenvalue weighted by molar-refractivity contribution is 7.89. The maximum atomic E-state index is 13.2. The molecule has 1 fully saturated rings. The lowest BCUT2D eigenvalue weighted by Crippen LogP contribution is -2.47. The number of sulfonamides is 1. The molecule has 0 spiro atoms. The number of nitrogens with zero attached hydrogens (tertiary/aromatic N) is 1. The van der Waals surface area contributed by atoms with Gasteiger partial charge in [-0.25, -0.2) is 13.1 Å². The van der Waals surface area contributed by atoms with Crippen molar-refractivity contribution < 1.29 is 26.3 Å². The van der Waals surface area contributed by atoms with Crippen molar-refractivity contribution in [2.24, 2.45) is 0 Å². The molecule has 2 aromatic carbocycles. The van der Waals surface area contributed by atoms with Crippen LogP contribution in [0, 0.1) is 0 Å². The summed E-state index contributed by atoms with van der Waals surface area (Å²) in [7, 11) is -4.39. The molecule has 0 amide bonds. The van der Waals surface area contributed by atoms with Gasteiger partial charge in [0.25, 0.3) is 0 Å². The molecule has 0 bridgehead atoms. The van der Waals surface area contributed by atoms with Crippen molar-refractivity contribution in [3.05, 3.63) is 64.7 Å². The van der Waals surface area contributed by atoms with Crippen LogP contribution in [0.3, 0.4) is 0 Å². The Balaban J connectivity index is 1.66. The highest BCUT2D eigenvalue weighted by atomic mass is 35.5. The van der Waals surface area contributed by atoms with Crippen LogP contribution in [-0.2, 0) is 27.5 Å². The van der Waals surface area contributed by atoms with Crippen LogP contribution >= 0.6 is 11.6 Å². The van der Waals surface area contributed by atoms with Gasteiger partial charge < -0.3 is 4.74 Å². The molecule has 1 atom stereocenters. The van der Waals surface area contributed by atoms with Gasteiger partial charge in [-0.05, 0) is 23.8 Å². The summed E-state index contributed by atoms with van der Waals surface area (Å²) < 4.78 is 72.5. The molecule has 1 heterocycles. The highest BCUT2D eigenvalue weighted by Gasteiger charge is 2.37. The molecule has 1 saturated heterocycles. The van der Waals surface area contributed by atoms with Gasteiger partial charge in [0.1, 0.15) is 0 Å². The summed E-state index contributed by atoms with van der Waals surface area (Å²) in [4.78, 5) is 1.26. The number of halogens is 4. The number of rotatable bonds is 6. The Morgan fingerprint density at radius 2 is 1.90 bits per heavy atom. The third-order valence-electron chi connectivity index (χ3n) is 4.51. The molecule has 3 rings (SSSR count). The quantitative estimate of drug-likeness (QED) is 0.734. The van der Waals surface area contributed by atoms with Gasteiger partial charge in [0.15, 0.2) is 0 Å². The molecule has 158 valence electrons. The Hall–Kier alpha value is -1.65. The minimum Gasteiger partial charge on any atom is -0.374 e. The van der Waals surface area contributed by atoms with Crippen LogP contribution < -0.4 is 4.72 Å². The Morgan fingerprint density at radius 3 is 2.59 bits per heavy atom. The van der Waals surface area contributed by atoms with Gasteiger partial charge >= 0.3 is 6.18 Å². The monoisotopic (exact) mass is 448 g/mol. The van der Waals surface area contributed by atoms with Crippen molar-refractivity contribution in [3.63, 3.8) is 0 Å². The molecule has 1 aliphatic heterocycles. The summed E-state index contributed by atoms with van der Waals surface area (Å²) >= 11 is 5.61.